The molecule has 0 spiro atoms. The molecule has 21 heavy (non-hydrogen) atoms. The van der Waals surface area contributed by atoms with Crippen LogP contribution in [0.5, 0.6) is 0 Å². The molecule has 1 unspecified atom stereocenters. The molecule has 1 aliphatic rings. The number of nitrogens with one attached hydrogen (secondary N) is 2. The first-order chi connectivity index (χ1) is 9.84. The van der Waals surface area contributed by atoms with Crippen molar-refractivity contribution in [2.24, 2.45) is 5.41 Å². The lowest BCUT2D eigenvalue weighted by Crippen LogP contribution is -2.53. The Balaban J connectivity index is 2.47. The Morgan fingerprint density at radius 2 is 2.00 bits per heavy atom. The summed E-state index contributed by atoms with van der Waals surface area (Å²) in [5, 5.41) is 14.7. The smallest absolute Gasteiger partial charge is 0.315 e. The van der Waals surface area contributed by atoms with E-state index in [1.807, 2.05) is 0 Å². The van der Waals surface area contributed by atoms with Gasteiger partial charge in [0.1, 0.15) is 0 Å². The van der Waals surface area contributed by atoms with Gasteiger partial charge in [-0.25, -0.2) is 4.79 Å². The van der Waals surface area contributed by atoms with E-state index in [1.165, 1.54) is 0 Å². The second-order valence-corrected chi connectivity index (χ2v) is 5.63. The van der Waals surface area contributed by atoms with Gasteiger partial charge in [0.05, 0.1) is 5.41 Å². The molecule has 0 bridgehead atoms. The fraction of sp³-hybridized carbons (Fsp3) is 0.786. The molecule has 0 radical (unpaired) electrons. The normalized spacial score (nSPS) is 19.3. The monoisotopic (exact) mass is 299 g/mol. The van der Waals surface area contributed by atoms with Gasteiger partial charge >= 0.3 is 12.0 Å². The van der Waals surface area contributed by atoms with Gasteiger partial charge in [0.25, 0.3) is 0 Å². The second kappa shape index (κ2) is 7.28. The number of aliphatic carboxylic acids is 1. The number of hydrogen-bond donors (Lipinski definition) is 3. The molecule has 1 heterocycles. The third-order valence-corrected chi connectivity index (χ3v) is 4.36. The first-order valence-electron chi connectivity index (χ1n) is 7.36. The number of hydrogen-bond acceptors (Lipinski definition) is 3. The minimum absolute atomic E-state index is 0.0790. The number of carboxylic acid groups (broad SMARTS) is 1. The molecule has 1 atom stereocenters. The summed E-state index contributed by atoms with van der Waals surface area (Å²) in [4.78, 5) is 36.2. The number of carbonyl (C=O) groups is 3. The van der Waals surface area contributed by atoms with Gasteiger partial charge in [0.2, 0.25) is 5.91 Å². The van der Waals surface area contributed by atoms with Crippen LogP contribution in [0.15, 0.2) is 0 Å². The standard InChI is InChI=1S/C14H25N3O4/c1-4-14(5-2,12(19)20)9-15-13(21)16-10-6-7-11(18)17(3)8-10/h10H,4-9H2,1-3H3,(H,19,20)(H2,15,16,21). The van der Waals surface area contributed by atoms with Gasteiger partial charge in [-0.1, -0.05) is 13.8 Å². The van der Waals surface area contributed by atoms with E-state index in [2.05, 4.69) is 10.6 Å². The minimum Gasteiger partial charge on any atom is -0.481 e. The topological polar surface area (TPSA) is 98.7 Å². The Morgan fingerprint density at radius 3 is 2.48 bits per heavy atom. The van der Waals surface area contributed by atoms with Crippen LogP contribution in [-0.4, -0.2) is 54.1 Å². The van der Waals surface area contributed by atoms with E-state index in [0.29, 0.717) is 32.2 Å². The SMILES string of the molecule is CCC(CC)(CNC(=O)NC1CCC(=O)N(C)C1)C(=O)O. The molecule has 1 rings (SSSR count). The molecule has 3 amide bonds. The van der Waals surface area contributed by atoms with Gasteiger partial charge in [0.15, 0.2) is 0 Å². The summed E-state index contributed by atoms with van der Waals surface area (Å²) in [5.74, 6) is -0.814. The number of amides is 3. The number of nitrogens with zero attached hydrogens (tertiary/aromatic N) is 1. The summed E-state index contributed by atoms with van der Waals surface area (Å²) < 4.78 is 0. The molecule has 7 heteroatoms. The molecule has 1 saturated heterocycles. The highest BCUT2D eigenvalue weighted by Gasteiger charge is 2.35. The molecule has 0 aromatic heterocycles. The van der Waals surface area contributed by atoms with Gasteiger partial charge in [-0.05, 0) is 19.3 Å². The van der Waals surface area contributed by atoms with Crippen LogP contribution in [0.25, 0.3) is 0 Å². The summed E-state index contributed by atoms with van der Waals surface area (Å²) in [7, 11) is 1.71. The average molecular weight is 299 g/mol. The number of likely N-dealkylation sites (tertiary alicyclic amines) is 1. The lowest BCUT2D eigenvalue weighted by molar-refractivity contribution is -0.149. The molecular formula is C14H25N3O4. The van der Waals surface area contributed by atoms with Crippen molar-refractivity contribution in [2.75, 3.05) is 20.1 Å². The number of rotatable bonds is 6. The van der Waals surface area contributed by atoms with Crippen molar-refractivity contribution in [3.63, 3.8) is 0 Å². The van der Waals surface area contributed by atoms with Gasteiger partial charge in [-0.2, -0.15) is 0 Å². The number of piperidine rings is 1. The molecule has 0 saturated carbocycles. The molecule has 120 valence electrons. The summed E-state index contributed by atoms with van der Waals surface area (Å²) in [5.41, 5.74) is -0.920. The Labute approximate surface area is 125 Å². The van der Waals surface area contributed by atoms with Crippen LogP contribution in [0.2, 0.25) is 0 Å². The number of likely N-dealkylation sites (N-methyl/N-ethyl adjacent to an activating group) is 1. The van der Waals surface area contributed by atoms with Gasteiger partial charge < -0.3 is 20.6 Å². The molecule has 3 N–H and O–H groups in total. The van der Waals surface area contributed by atoms with Crippen molar-refractivity contribution >= 4 is 17.9 Å². The van der Waals surface area contributed by atoms with Crippen molar-refractivity contribution in [1.29, 1.82) is 0 Å². The van der Waals surface area contributed by atoms with E-state index < -0.39 is 11.4 Å². The van der Waals surface area contributed by atoms with Crippen LogP contribution < -0.4 is 10.6 Å². The number of carbonyl (C=O) groups excluding carboxylic acids is 2. The van der Waals surface area contributed by atoms with E-state index >= 15 is 0 Å². The van der Waals surface area contributed by atoms with Crippen LogP contribution >= 0.6 is 0 Å². The van der Waals surface area contributed by atoms with Crippen LogP contribution in [0.1, 0.15) is 39.5 Å². The van der Waals surface area contributed by atoms with Crippen LogP contribution in [0.4, 0.5) is 4.79 Å². The molecule has 0 aliphatic carbocycles. The largest absolute Gasteiger partial charge is 0.481 e. The van der Waals surface area contributed by atoms with E-state index in [-0.39, 0.29) is 24.5 Å². The zero-order chi connectivity index (χ0) is 16.0. The Morgan fingerprint density at radius 1 is 1.38 bits per heavy atom. The zero-order valence-corrected chi connectivity index (χ0v) is 12.9. The van der Waals surface area contributed by atoms with Crippen molar-refractivity contribution in [3.8, 4) is 0 Å². The van der Waals surface area contributed by atoms with Gasteiger partial charge in [-0.3, -0.25) is 9.59 Å². The third-order valence-electron chi connectivity index (χ3n) is 4.36. The first kappa shape index (κ1) is 17.3. The van der Waals surface area contributed by atoms with Crippen molar-refractivity contribution in [3.05, 3.63) is 0 Å². The summed E-state index contributed by atoms with van der Waals surface area (Å²) >= 11 is 0. The van der Waals surface area contributed by atoms with E-state index in [1.54, 1.807) is 25.8 Å². The van der Waals surface area contributed by atoms with Crippen LogP contribution in [0, 0.1) is 5.41 Å². The zero-order valence-electron chi connectivity index (χ0n) is 12.9. The van der Waals surface area contributed by atoms with Crippen LogP contribution in [-0.2, 0) is 9.59 Å². The molecule has 1 fully saturated rings. The number of urea groups is 1. The number of carboxylic acids is 1. The van der Waals surface area contributed by atoms with Crippen molar-refractivity contribution in [2.45, 2.75) is 45.6 Å². The van der Waals surface area contributed by atoms with E-state index in [0.717, 1.165) is 0 Å². The maximum Gasteiger partial charge on any atom is 0.315 e. The van der Waals surface area contributed by atoms with Crippen molar-refractivity contribution < 1.29 is 19.5 Å². The maximum absolute atomic E-state index is 11.9. The maximum atomic E-state index is 11.9. The van der Waals surface area contributed by atoms with Gasteiger partial charge in [-0.15, -0.1) is 0 Å². The Bertz CT molecular complexity index is 407. The summed E-state index contributed by atoms with van der Waals surface area (Å²) in [6.45, 7) is 4.19. The third kappa shape index (κ3) is 4.34. The molecule has 0 aromatic rings. The fourth-order valence-electron chi connectivity index (χ4n) is 2.49. The second-order valence-electron chi connectivity index (χ2n) is 5.63. The van der Waals surface area contributed by atoms with Crippen molar-refractivity contribution in [1.82, 2.24) is 15.5 Å². The molecule has 1 aliphatic heterocycles. The van der Waals surface area contributed by atoms with Gasteiger partial charge in [0, 0.05) is 32.6 Å². The highest BCUT2D eigenvalue weighted by atomic mass is 16.4. The lowest BCUT2D eigenvalue weighted by Gasteiger charge is -2.31. The minimum atomic E-state index is -0.920. The predicted molar refractivity (Wildman–Crippen MR) is 77.8 cm³/mol. The highest BCUT2D eigenvalue weighted by molar-refractivity contribution is 5.79. The summed E-state index contributed by atoms with van der Waals surface area (Å²) in [6.07, 6.45) is 1.95. The fourth-order valence-corrected chi connectivity index (χ4v) is 2.49. The molecular weight excluding hydrogens is 274 g/mol. The molecule has 0 aromatic carbocycles. The van der Waals surface area contributed by atoms with E-state index in [9.17, 15) is 19.5 Å². The van der Waals surface area contributed by atoms with Crippen LogP contribution in [0.3, 0.4) is 0 Å². The summed E-state index contributed by atoms with van der Waals surface area (Å²) in [6, 6.07) is -0.467. The lowest BCUT2D eigenvalue weighted by atomic mass is 9.82. The quantitative estimate of drug-likeness (QED) is 0.675. The highest BCUT2D eigenvalue weighted by Crippen LogP contribution is 2.25. The Kier molecular flexibility index (Phi) is 5.99. The predicted octanol–water partition coefficient (Wildman–Crippen LogP) is 0.797. The van der Waals surface area contributed by atoms with E-state index in [4.69, 9.17) is 0 Å². The Hall–Kier alpha value is -1.79. The first-order valence-corrected chi connectivity index (χ1v) is 7.36. The average Bonchev–Trinajstić information content (AvgIpc) is 2.44. The molecule has 7 nitrogen and oxygen atoms in total.